The highest BCUT2D eigenvalue weighted by molar-refractivity contribution is 6.03. The lowest BCUT2D eigenvalue weighted by Gasteiger charge is -1.94. The Bertz CT molecular complexity index is 143. The van der Waals surface area contributed by atoms with Crippen LogP contribution in [0.3, 0.4) is 0 Å². The Hall–Kier alpha value is -0.850. The minimum Gasteiger partial charge on any atom is -0.290 e. The maximum atomic E-state index is 10.8. The van der Waals surface area contributed by atoms with Gasteiger partial charge >= 0.3 is 0 Å². The summed E-state index contributed by atoms with van der Waals surface area (Å²) in [6.07, 6.45) is 3.96. The van der Waals surface area contributed by atoms with E-state index in [4.69, 9.17) is 0 Å². The van der Waals surface area contributed by atoms with Gasteiger partial charge in [-0.05, 0) is 25.0 Å². The molecule has 0 unspecified atom stereocenters. The second-order valence-corrected chi connectivity index (χ2v) is 1.74. The summed E-state index contributed by atoms with van der Waals surface area (Å²) >= 11 is 0. The average molecular weight is 124 g/mol. The Kier molecular flexibility index (Phi) is 3.69. The molecule has 0 aliphatic carbocycles. The first-order chi connectivity index (χ1) is 4.26. The Labute approximate surface area is 56.1 Å². The molecular formula is C8H12O. The Balaban J connectivity index is 4.13. The van der Waals surface area contributed by atoms with E-state index in [0.717, 1.165) is 12.0 Å². The van der Waals surface area contributed by atoms with E-state index in [1.54, 1.807) is 0 Å². The summed E-state index contributed by atoms with van der Waals surface area (Å²) in [7, 11) is 0. The molecule has 0 radical (unpaired) electrons. The fraction of sp³-hybridized carbons (Fsp3) is 0.375. The molecule has 1 heteroatoms. The highest BCUT2D eigenvalue weighted by Crippen LogP contribution is 2.01. The van der Waals surface area contributed by atoms with Gasteiger partial charge < -0.3 is 0 Å². The van der Waals surface area contributed by atoms with Gasteiger partial charge in [-0.3, -0.25) is 4.79 Å². The van der Waals surface area contributed by atoms with E-state index in [2.05, 4.69) is 6.58 Å². The van der Waals surface area contributed by atoms with Crippen LogP contribution >= 0.6 is 0 Å². The van der Waals surface area contributed by atoms with Crippen molar-refractivity contribution in [2.75, 3.05) is 0 Å². The van der Waals surface area contributed by atoms with Gasteiger partial charge in [-0.25, -0.2) is 0 Å². The van der Waals surface area contributed by atoms with Crippen LogP contribution in [-0.4, -0.2) is 5.78 Å². The van der Waals surface area contributed by atoms with Gasteiger partial charge in [0.25, 0.3) is 0 Å². The molecule has 0 amide bonds. The van der Waals surface area contributed by atoms with Crippen molar-refractivity contribution in [3.05, 3.63) is 24.3 Å². The van der Waals surface area contributed by atoms with Crippen LogP contribution in [0.15, 0.2) is 24.3 Å². The molecule has 50 valence electrons. The molecule has 0 saturated heterocycles. The number of hydrogen-bond acceptors (Lipinski definition) is 1. The summed E-state index contributed by atoms with van der Waals surface area (Å²) in [4.78, 5) is 10.8. The molecule has 0 aliphatic heterocycles. The van der Waals surface area contributed by atoms with Crippen LogP contribution < -0.4 is 0 Å². The van der Waals surface area contributed by atoms with Crippen molar-refractivity contribution >= 4 is 5.78 Å². The third-order valence-corrected chi connectivity index (χ3v) is 1.23. The second kappa shape index (κ2) is 4.07. The molecule has 0 spiro atoms. The number of ketones is 1. The molecule has 0 aromatic rings. The van der Waals surface area contributed by atoms with E-state index in [1.165, 1.54) is 6.08 Å². The van der Waals surface area contributed by atoms with Crippen LogP contribution in [0.5, 0.6) is 0 Å². The van der Waals surface area contributed by atoms with E-state index in [0.29, 0.717) is 0 Å². The number of carbonyl (C=O) groups is 1. The molecule has 0 atom stereocenters. The molecule has 0 aromatic heterocycles. The minimum atomic E-state index is 0.0417. The van der Waals surface area contributed by atoms with Crippen LogP contribution in [0.1, 0.15) is 20.3 Å². The Morgan fingerprint density at radius 1 is 1.67 bits per heavy atom. The quantitative estimate of drug-likeness (QED) is 0.526. The largest absolute Gasteiger partial charge is 0.290 e. The van der Waals surface area contributed by atoms with Crippen LogP contribution in [0.4, 0.5) is 0 Å². The van der Waals surface area contributed by atoms with Gasteiger partial charge in [-0.1, -0.05) is 19.6 Å². The van der Waals surface area contributed by atoms with Gasteiger partial charge in [0.2, 0.25) is 0 Å². The molecular weight excluding hydrogens is 112 g/mol. The molecule has 0 bridgehead atoms. The van der Waals surface area contributed by atoms with Crippen molar-refractivity contribution in [3.63, 3.8) is 0 Å². The SMILES string of the molecule is C=CC(=O)/C(=C\C)CC. The minimum absolute atomic E-state index is 0.0417. The molecule has 0 heterocycles. The zero-order chi connectivity index (χ0) is 7.28. The molecule has 0 rings (SSSR count). The number of hydrogen-bond donors (Lipinski definition) is 0. The third-order valence-electron chi connectivity index (χ3n) is 1.23. The molecule has 0 fully saturated rings. The molecule has 0 aromatic carbocycles. The summed E-state index contributed by atoms with van der Waals surface area (Å²) in [5, 5.41) is 0. The fourth-order valence-corrected chi connectivity index (χ4v) is 0.652. The summed E-state index contributed by atoms with van der Waals surface area (Å²) in [6, 6.07) is 0. The zero-order valence-electron chi connectivity index (χ0n) is 5.98. The first kappa shape index (κ1) is 8.15. The average Bonchev–Trinajstić information content (AvgIpc) is 1.90. The fourth-order valence-electron chi connectivity index (χ4n) is 0.652. The van der Waals surface area contributed by atoms with Gasteiger partial charge in [0.1, 0.15) is 0 Å². The molecule has 0 aliphatic rings. The van der Waals surface area contributed by atoms with E-state index in [1.807, 2.05) is 19.9 Å². The van der Waals surface area contributed by atoms with Crippen LogP contribution in [0.2, 0.25) is 0 Å². The van der Waals surface area contributed by atoms with E-state index in [-0.39, 0.29) is 5.78 Å². The highest BCUT2D eigenvalue weighted by atomic mass is 16.1. The maximum Gasteiger partial charge on any atom is 0.180 e. The normalized spacial score (nSPS) is 11.1. The lowest BCUT2D eigenvalue weighted by atomic mass is 10.1. The number of rotatable bonds is 3. The van der Waals surface area contributed by atoms with Crippen molar-refractivity contribution in [1.82, 2.24) is 0 Å². The van der Waals surface area contributed by atoms with Crippen molar-refractivity contribution in [2.45, 2.75) is 20.3 Å². The van der Waals surface area contributed by atoms with Crippen molar-refractivity contribution < 1.29 is 4.79 Å². The standard InChI is InChI=1S/C8H12O/c1-4-7(5-2)8(9)6-3/h4,6H,3,5H2,1-2H3/b7-4-. The van der Waals surface area contributed by atoms with Gasteiger partial charge in [0.05, 0.1) is 0 Å². The highest BCUT2D eigenvalue weighted by Gasteiger charge is 1.98. The molecule has 0 saturated carbocycles. The van der Waals surface area contributed by atoms with Crippen molar-refractivity contribution in [3.8, 4) is 0 Å². The van der Waals surface area contributed by atoms with E-state index in [9.17, 15) is 4.79 Å². The first-order valence-corrected chi connectivity index (χ1v) is 3.08. The third kappa shape index (κ3) is 2.27. The Morgan fingerprint density at radius 2 is 2.22 bits per heavy atom. The Morgan fingerprint density at radius 3 is 2.33 bits per heavy atom. The lowest BCUT2D eigenvalue weighted by Crippen LogP contribution is -1.95. The predicted octanol–water partition coefficient (Wildman–Crippen LogP) is 2.10. The topological polar surface area (TPSA) is 17.1 Å². The van der Waals surface area contributed by atoms with Gasteiger partial charge in [-0.2, -0.15) is 0 Å². The summed E-state index contributed by atoms with van der Waals surface area (Å²) in [5.41, 5.74) is 0.838. The molecule has 0 N–H and O–H groups in total. The monoisotopic (exact) mass is 124 g/mol. The number of allylic oxidation sites excluding steroid dienone is 3. The first-order valence-electron chi connectivity index (χ1n) is 3.08. The van der Waals surface area contributed by atoms with E-state index < -0.39 is 0 Å². The van der Waals surface area contributed by atoms with Crippen LogP contribution in [-0.2, 0) is 4.79 Å². The van der Waals surface area contributed by atoms with Crippen molar-refractivity contribution in [2.24, 2.45) is 0 Å². The van der Waals surface area contributed by atoms with Crippen LogP contribution in [0.25, 0.3) is 0 Å². The van der Waals surface area contributed by atoms with Gasteiger partial charge in [0.15, 0.2) is 5.78 Å². The van der Waals surface area contributed by atoms with E-state index >= 15 is 0 Å². The predicted molar refractivity (Wildman–Crippen MR) is 39.3 cm³/mol. The molecule has 9 heavy (non-hydrogen) atoms. The van der Waals surface area contributed by atoms with Crippen molar-refractivity contribution in [1.29, 1.82) is 0 Å². The van der Waals surface area contributed by atoms with Gasteiger partial charge in [-0.15, -0.1) is 0 Å². The van der Waals surface area contributed by atoms with Gasteiger partial charge in [0, 0.05) is 0 Å². The summed E-state index contributed by atoms with van der Waals surface area (Å²) in [5.74, 6) is 0.0417. The maximum absolute atomic E-state index is 10.8. The summed E-state index contributed by atoms with van der Waals surface area (Å²) < 4.78 is 0. The smallest absolute Gasteiger partial charge is 0.180 e. The van der Waals surface area contributed by atoms with Crippen LogP contribution in [0, 0.1) is 0 Å². The molecule has 1 nitrogen and oxygen atoms in total. The lowest BCUT2D eigenvalue weighted by molar-refractivity contribution is -0.111. The number of carbonyl (C=O) groups excluding carboxylic acids is 1. The zero-order valence-corrected chi connectivity index (χ0v) is 5.98. The second-order valence-electron chi connectivity index (χ2n) is 1.74. The summed E-state index contributed by atoms with van der Waals surface area (Å²) in [6.45, 7) is 7.20.